The number of hydrogen-bond acceptors (Lipinski definition) is 9. The van der Waals surface area contributed by atoms with Crippen LogP contribution in [0.25, 0.3) is 17.1 Å². The zero-order valence-electron chi connectivity index (χ0n) is 21.5. The van der Waals surface area contributed by atoms with Crippen LogP contribution in [0.4, 0.5) is 5.69 Å². The molecule has 13 heteroatoms. The van der Waals surface area contributed by atoms with Gasteiger partial charge in [-0.15, -0.1) is 0 Å². The second-order valence-electron chi connectivity index (χ2n) is 8.29. The summed E-state index contributed by atoms with van der Waals surface area (Å²) in [7, 11) is 4.54. The van der Waals surface area contributed by atoms with E-state index in [0.29, 0.717) is 39.4 Å². The smallest absolute Gasteiger partial charge is 0.269 e. The minimum absolute atomic E-state index is 0.0530. The van der Waals surface area contributed by atoms with Gasteiger partial charge in [-0.3, -0.25) is 24.3 Å². The van der Waals surface area contributed by atoms with Gasteiger partial charge in [0.2, 0.25) is 11.7 Å². The Bertz CT molecular complexity index is 1580. The van der Waals surface area contributed by atoms with Crippen LogP contribution in [0.2, 0.25) is 0 Å². The van der Waals surface area contributed by atoms with Gasteiger partial charge in [0.1, 0.15) is 11.7 Å². The van der Waals surface area contributed by atoms with Crippen molar-refractivity contribution in [3.63, 3.8) is 0 Å². The number of nitro benzene ring substituents is 1. The first kappa shape index (κ1) is 26.9. The van der Waals surface area contributed by atoms with Gasteiger partial charge in [0.25, 0.3) is 11.2 Å². The minimum Gasteiger partial charge on any atom is -0.493 e. The molecule has 2 aromatic heterocycles. The number of ether oxygens (including phenoxy) is 3. The van der Waals surface area contributed by atoms with Crippen molar-refractivity contribution in [3.05, 3.63) is 86.6 Å². The molecule has 1 N–H and O–H groups in total. The maximum Gasteiger partial charge on any atom is 0.269 e. The number of nitrogens with one attached hydrogen (secondary N) is 1. The van der Waals surface area contributed by atoms with Crippen molar-refractivity contribution in [2.24, 2.45) is 0 Å². The fourth-order valence-corrected chi connectivity index (χ4v) is 3.95. The summed E-state index contributed by atoms with van der Waals surface area (Å²) in [6.45, 7) is 0.658. The van der Waals surface area contributed by atoms with Gasteiger partial charge in [-0.05, 0) is 29.3 Å². The summed E-state index contributed by atoms with van der Waals surface area (Å²) >= 11 is 0. The number of amides is 1. The largest absolute Gasteiger partial charge is 0.493 e. The number of carbonyl (C=O) groups excluding carboxylic acids is 1. The number of nitrogens with zero attached hydrogens (tertiary/aromatic N) is 5. The second-order valence-corrected chi connectivity index (χ2v) is 8.29. The van der Waals surface area contributed by atoms with E-state index in [0.717, 1.165) is 0 Å². The predicted molar refractivity (Wildman–Crippen MR) is 142 cm³/mol. The third kappa shape index (κ3) is 6.04. The van der Waals surface area contributed by atoms with E-state index in [1.807, 2.05) is 0 Å². The molecule has 4 rings (SSSR count). The zero-order chi connectivity index (χ0) is 27.9. The molecule has 0 bridgehead atoms. The van der Waals surface area contributed by atoms with Crippen LogP contribution in [-0.2, 0) is 17.9 Å². The van der Waals surface area contributed by atoms with Gasteiger partial charge in [0, 0.05) is 24.8 Å². The van der Waals surface area contributed by atoms with E-state index in [2.05, 4.69) is 15.4 Å². The van der Waals surface area contributed by atoms with Crippen LogP contribution >= 0.6 is 0 Å². The highest BCUT2D eigenvalue weighted by Gasteiger charge is 2.13. The van der Waals surface area contributed by atoms with Gasteiger partial charge >= 0.3 is 0 Å². The zero-order valence-corrected chi connectivity index (χ0v) is 21.5. The molecular weight excluding hydrogens is 508 g/mol. The number of non-ortho nitro benzene ring substituents is 1. The summed E-state index contributed by atoms with van der Waals surface area (Å²) in [5.74, 6) is 1.07. The Hall–Kier alpha value is -5.20. The lowest BCUT2D eigenvalue weighted by Gasteiger charge is -2.12. The normalized spacial score (nSPS) is 11.1. The first-order chi connectivity index (χ1) is 18.8. The molecule has 1 amide bonds. The molecule has 0 aliphatic carbocycles. The number of fused-ring (bicyclic) bond motifs is 1. The Balaban J connectivity index is 1.39. The molecule has 39 heavy (non-hydrogen) atoms. The standard InChI is InChI=1S/C26H26N6O7/c1-37-21-12-17(13-22(38-2)24(21)39-3)7-8-23(33)27-9-10-31-25-20(14-29-31)26(34)30(16-28-25)15-18-5-4-6-19(11-18)32(35)36/h4-8,11-14,16H,9-10,15H2,1-3H3,(H,27,33). The molecule has 0 atom stereocenters. The van der Waals surface area contributed by atoms with E-state index in [9.17, 15) is 19.7 Å². The van der Waals surface area contributed by atoms with Crippen molar-refractivity contribution >= 4 is 28.7 Å². The summed E-state index contributed by atoms with van der Waals surface area (Å²) in [5, 5.41) is 18.3. The van der Waals surface area contributed by atoms with Crippen molar-refractivity contribution in [3.8, 4) is 17.2 Å². The molecule has 0 saturated carbocycles. The number of aromatic nitrogens is 4. The molecule has 0 aliphatic rings. The van der Waals surface area contributed by atoms with Crippen LogP contribution in [0.5, 0.6) is 17.2 Å². The Labute approximate surface area is 222 Å². The van der Waals surface area contributed by atoms with Crippen LogP contribution in [0.15, 0.2) is 59.8 Å². The first-order valence-electron chi connectivity index (χ1n) is 11.7. The van der Waals surface area contributed by atoms with Crippen LogP contribution in [0.3, 0.4) is 0 Å². The van der Waals surface area contributed by atoms with E-state index in [-0.39, 0.29) is 36.8 Å². The van der Waals surface area contributed by atoms with Crippen molar-refractivity contribution in [1.29, 1.82) is 0 Å². The highest BCUT2D eigenvalue weighted by molar-refractivity contribution is 5.91. The van der Waals surface area contributed by atoms with E-state index >= 15 is 0 Å². The second kappa shape index (κ2) is 11.9. The van der Waals surface area contributed by atoms with Gasteiger partial charge in [-0.1, -0.05) is 12.1 Å². The molecule has 4 aromatic rings. The average Bonchev–Trinajstić information content (AvgIpc) is 3.36. The maximum absolute atomic E-state index is 12.9. The van der Waals surface area contributed by atoms with E-state index in [4.69, 9.17) is 14.2 Å². The predicted octanol–water partition coefficient (Wildman–Crippen LogP) is 2.40. The van der Waals surface area contributed by atoms with Crippen LogP contribution in [-0.4, -0.2) is 58.0 Å². The van der Waals surface area contributed by atoms with Gasteiger partial charge in [-0.25, -0.2) is 9.67 Å². The molecule has 0 aliphatic heterocycles. The summed E-state index contributed by atoms with van der Waals surface area (Å²) in [5.41, 5.74) is 1.28. The highest BCUT2D eigenvalue weighted by atomic mass is 16.6. The van der Waals surface area contributed by atoms with Crippen molar-refractivity contribution < 1.29 is 23.9 Å². The number of nitro groups is 1. The average molecular weight is 535 g/mol. The van der Waals surface area contributed by atoms with Gasteiger partial charge in [-0.2, -0.15) is 5.10 Å². The third-order valence-electron chi connectivity index (χ3n) is 5.83. The first-order valence-corrected chi connectivity index (χ1v) is 11.7. The van der Waals surface area contributed by atoms with E-state index < -0.39 is 4.92 Å². The van der Waals surface area contributed by atoms with Crippen LogP contribution in [0.1, 0.15) is 11.1 Å². The number of carbonyl (C=O) groups is 1. The van der Waals surface area contributed by atoms with Crippen LogP contribution in [0, 0.1) is 10.1 Å². The molecule has 13 nitrogen and oxygen atoms in total. The quantitative estimate of drug-likeness (QED) is 0.174. The highest BCUT2D eigenvalue weighted by Crippen LogP contribution is 2.38. The molecular formula is C26H26N6O7. The van der Waals surface area contributed by atoms with Crippen molar-refractivity contribution in [2.45, 2.75) is 13.1 Å². The molecule has 0 unspecified atom stereocenters. The lowest BCUT2D eigenvalue weighted by atomic mass is 10.1. The van der Waals surface area contributed by atoms with Crippen LogP contribution < -0.4 is 25.1 Å². The van der Waals surface area contributed by atoms with Gasteiger partial charge in [0.05, 0.1) is 45.5 Å². The Morgan fingerprint density at radius 2 is 1.87 bits per heavy atom. The fourth-order valence-electron chi connectivity index (χ4n) is 3.95. The molecule has 0 spiro atoms. The lowest BCUT2D eigenvalue weighted by Crippen LogP contribution is -2.26. The van der Waals surface area contributed by atoms with Gasteiger partial charge in [0.15, 0.2) is 17.1 Å². The van der Waals surface area contributed by atoms with E-state index in [1.54, 1.807) is 30.3 Å². The SMILES string of the molecule is COc1cc(C=CC(=O)NCCn2ncc3c(=O)n(Cc4cccc([N+](=O)[O-])c4)cnc32)cc(OC)c1OC. The van der Waals surface area contributed by atoms with Crippen molar-refractivity contribution in [2.75, 3.05) is 27.9 Å². The molecule has 2 heterocycles. The third-order valence-corrected chi connectivity index (χ3v) is 5.83. The molecule has 202 valence electrons. The maximum atomic E-state index is 12.9. The number of hydrogen-bond donors (Lipinski definition) is 1. The topological polar surface area (TPSA) is 153 Å². The summed E-state index contributed by atoms with van der Waals surface area (Å²) in [6.07, 6.45) is 5.79. The van der Waals surface area contributed by atoms with Gasteiger partial charge < -0.3 is 19.5 Å². The number of benzene rings is 2. The molecule has 2 aromatic carbocycles. The Morgan fingerprint density at radius 3 is 2.54 bits per heavy atom. The fraction of sp³-hybridized carbons (Fsp3) is 0.231. The minimum atomic E-state index is -0.486. The van der Waals surface area contributed by atoms with E-state index in [1.165, 1.54) is 61.3 Å². The Kier molecular flexibility index (Phi) is 8.19. The Morgan fingerprint density at radius 1 is 1.13 bits per heavy atom. The number of rotatable bonds is 11. The van der Waals surface area contributed by atoms with Crippen molar-refractivity contribution in [1.82, 2.24) is 24.6 Å². The monoisotopic (exact) mass is 534 g/mol. The molecule has 0 radical (unpaired) electrons. The molecule has 0 fully saturated rings. The summed E-state index contributed by atoms with van der Waals surface area (Å²) < 4.78 is 18.8. The molecule has 0 saturated heterocycles. The summed E-state index contributed by atoms with van der Waals surface area (Å²) in [6, 6.07) is 9.51. The lowest BCUT2D eigenvalue weighted by molar-refractivity contribution is -0.384. The number of methoxy groups -OCH3 is 3. The summed E-state index contributed by atoms with van der Waals surface area (Å²) in [4.78, 5) is 40.2.